The minimum Gasteiger partial charge on any atom is -0.341 e. The molecule has 1 aromatic rings. The topological polar surface area (TPSA) is 51.7 Å². The summed E-state index contributed by atoms with van der Waals surface area (Å²) in [6, 6.07) is 7.14. The van der Waals surface area contributed by atoms with Crippen LogP contribution in [0, 0.1) is 0 Å². The average molecular weight is 328 g/mol. The van der Waals surface area contributed by atoms with Crippen molar-refractivity contribution in [1.82, 2.24) is 15.6 Å². The first-order valence-electron chi connectivity index (χ1n) is 6.86. The molecule has 1 aromatic carbocycles. The Hall–Kier alpha value is -1.86. The number of alkyl halides is 2. The Labute approximate surface area is 132 Å². The second-order valence-electron chi connectivity index (χ2n) is 5.37. The lowest BCUT2D eigenvalue weighted by atomic mass is 10.2. The van der Waals surface area contributed by atoms with E-state index < -0.39 is 12.2 Å². The molecule has 2 atom stereocenters. The highest BCUT2D eigenvalue weighted by Crippen LogP contribution is 2.25. The molecule has 3 N–H and O–H groups in total. The highest BCUT2D eigenvalue weighted by atomic mass is 35.5. The molecule has 2 unspecified atom stereocenters. The van der Waals surface area contributed by atoms with Crippen molar-refractivity contribution in [1.29, 1.82) is 0 Å². The number of hydrazone groups is 1. The van der Waals surface area contributed by atoms with E-state index in [1.165, 1.54) is 5.01 Å². The summed E-state index contributed by atoms with van der Waals surface area (Å²) in [5.74, 6) is -2.75. The van der Waals surface area contributed by atoms with Gasteiger partial charge in [0.15, 0.2) is 12.1 Å². The highest BCUT2D eigenvalue weighted by molar-refractivity contribution is 6.30. The lowest BCUT2D eigenvalue weighted by Crippen LogP contribution is -2.56. The van der Waals surface area contributed by atoms with Crippen LogP contribution >= 0.6 is 11.6 Å². The normalized spacial score (nSPS) is 24.3. The Morgan fingerprint density at radius 1 is 1.32 bits per heavy atom. The van der Waals surface area contributed by atoms with Gasteiger partial charge >= 0.3 is 5.92 Å². The van der Waals surface area contributed by atoms with Crippen LogP contribution < -0.4 is 16.0 Å². The van der Waals surface area contributed by atoms with Crippen LogP contribution in [0.25, 0.3) is 0 Å². The molecule has 3 rings (SSSR count). The molecule has 0 saturated heterocycles. The zero-order valence-corrected chi connectivity index (χ0v) is 12.8. The van der Waals surface area contributed by atoms with Gasteiger partial charge in [-0.25, -0.2) is 5.01 Å². The SMILES string of the molecule is CC1C=C(Nc2ccc(Cl)cc2)N2N=C(C(C)(F)F)NC2N1. The third-order valence-electron chi connectivity index (χ3n) is 3.33. The Bertz CT molecular complexity index is 623. The number of halogens is 3. The summed E-state index contributed by atoms with van der Waals surface area (Å²) in [4.78, 5) is 0. The largest absolute Gasteiger partial charge is 0.341 e. The minimum absolute atomic E-state index is 0.00331. The molecule has 0 aromatic heterocycles. The van der Waals surface area contributed by atoms with E-state index in [0.29, 0.717) is 10.8 Å². The first-order chi connectivity index (χ1) is 10.3. The second-order valence-corrected chi connectivity index (χ2v) is 5.80. The van der Waals surface area contributed by atoms with Crippen molar-refractivity contribution in [3.05, 3.63) is 41.2 Å². The molecule has 0 amide bonds. The second kappa shape index (κ2) is 5.40. The van der Waals surface area contributed by atoms with Gasteiger partial charge in [-0.3, -0.25) is 5.32 Å². The maximum atomic E-state index is 13.5. The average Bonchev–Trinajstić information content (AvgIpc) is 2.85. The van der Waals surface area contributed by atoms with E-state index in [1.807, 2.05) is 25.1 Å². The molecule has 5 nitrogen and oxygen atoms in total. The maximum Gasteiger partial charge on any atom is 0.303 e. The van der Waals surface area contributed by atoms with Crippen molar-refractivity contribution in [2.24, 2.45) is 5.10 Å². The molecule has 0 aliphatic carbocycles. The monoisotopic (exact) mass is 327 g/mol. The van der Waals surface area contributed by atoms with E-state index in [4.69, 9.17) is 11.6 Å². The summed E-state index contributed by atoms with van der Waals surface area (Å²) in [5.41, 5.74) is 0.801. The number of anilines is 1. The van der Waals surface area contributed by atoms with Crippen LogP contribution in [-0.4, -0.2) is 29.1 Å². The quantitative estimate of drug-likeness (QED) is 0.799. The number of amidine groups is 1. The molecule has 0 radical (unpaired) electrons. The Morgan fingerprint density at radius 2 is 2.00 bits per heavy atom. The van der Waals surface area contributed by atoms with Crippen LogP contribution in [0.4, 0.5) is 14.5 Å². The zero-order valence-electron chi connectivity index (χ0n) is 12.1. The van der Waals surface area contributed by atoms with Crippen molar-refractivity contribution in [2.45, 2.75) is 32.1 Å². The predicted octanol–water partition coefficient (Wildman–Crippen LogP) is 2.74. The molecule has 2 aliphatic rings. The van der Waals surface area contributed by atoms with Gasteiger partial charge in [0, 0.05) is 23.7 Å². The summed E-state index contributed by atoms with van der Waals surface area (Å²) in [7, 11) is 0. The van der Waals surface area contributed by atoms with Crippen molar-refractivity contribution in [3.63, 3.8) is 0 Å². The lowest BCUT2D eigenvalue weighted by molar-refractivity contribution is 0.0964. The molecular weight excluding hydrogens is 312 g/mol. The zero-order chi connectivity index (χ0) is 15.9. The number of nitrogens with one attached hydrogen (secondary N) is 3. The summed E-state index contributed by atoms with van der Waals surface area (Å²) in [5, 5.41) is 15.1. The molecule has 8 heteroatoms. The number of fused-ring (bicyclic) bond motifs is 1. The number of rotatable bonds is 3. The molecule has 118 valence electrons. The molecule has 0 spiro atoms. The fourth-order valence-electron chi connectivity index (χ4n) is 2.30. The lowest BCUT2D eigenvalue weighted by Gasteiger charge is -2.33. The first kappa shape index (κ1) is 15.1. The van der Waals surface area contributed by atoms with E-state index in [9.17, 15) is 8.78 Å². The standard InChI is InChI=1S/C14H16ClF2N5/c1-8-7-11(19-10-5-3-9(15)4-6-10)22-13(18-8)20-12(21-22)14(2,16)17/h3-8,13,18-19H,1-2H3,(H,20,21). The van der Waals surface area contributed by atoms with Crippen molar-refractivity contribution in [2.75, 3.05) is 5.32 Å². The van der Waals surface area contributed by atoms with Crippen LogP contribution in [0.2, 0.25) is 5.02 Å². The molecule has 0 fully saturated rings. The van der Waals surface area contributed by atoms with E-state index in [0.717, 1.165) is 12.6 Å². The highest BCUT2D eigenvalue weighted by Gasteiger charge is 2.41. The molecule has 0 saturated carbocycles. The van der Waals surface area contributed by atoms with Crippen LogP contribution in [0.1, 0.15) is 13.8 Å². The fraction of sp³-hybridized carbons (Fsp3) is 0.357. The molecule has 0 bridgehead atoms. The molecular formula is C14H16ClF2N5. The van der Waals surface area contributed by atoms with Crippen LogP contribution in [0.5, 0.6) is 0 Å². The van der Waals surface area contributed by atoms with Crippen molar-refractivity contribution >= 4 is 23.1 Å². The van der Waals surface area contributed by atoms with Crippen LogP contribution in [-0.2, 0) is 0 Å². The van der Waals surface area contributed by atoms with Crippen molar-refractivity contribution in [3.8, 4) is 0 Å². The van der Waals surface area contributed by atoms with Gasteiger partial charge in [0.2, 0.25) is 0 Å². The molecule has 22 heavy (non-hydrogen) atoms. The number of nitrogens with zero attached hydrogens (tertiary/aromatic N) is 2. The van der Waals surface area contributed by atoms with Gasteiger partial charge in [0.1, 0.15) is 5.82 Å². The predicted molar refractivity (Wildman–Crippen MR) is 82.6 cm³/mol. The summed E-state index contributed by atoms with van der Waals surface area (Å²) in [6.45, 7) is 2.75. The van der Waals surface area contributed by atoms with Crippen molar-refractivity contribution < 1.29 is 8.78 Å². The van der Waals surface area contributed by atoms with E-state index in [1.54, 1.807) is 12.1 Å². The Morgan fingerprint density at radius 3 is 2.64 bits per heavy atom. The number of benzene rings is 1. The minimum atomic E-state index is -3.02. The molecule has 2 heterocycles. The fourth-order valence-corrected chi connectivity index (χ4v) is 2.42. The summed E-state index contributed by atoms with van der Waals surface area (Å²) < 4.78 is 26.9. The van der Waals surface area contributed by atoms with Gasteiger partial charge in [-0.15, -0.1) is 5.10 Å². The van der Waals surface area contributed by atoms with Gasteiger partial charge in [0.25, 0.3) is 0 Å². The third kappa shape index (κ3) is 3.00. The summed E-state index contributed by atoms with van der Waals surface area (Å²) in [6.07, 6.45) is 1.38. The van der Waals surface area contributed by atoms with Gasteiger partial charge in [-0.1, -0.05) is 11.6 Å². The molecule has 2 aliphatic heterocycles. The van der Waals surface area contributed by atoms with Gasteiger partial charge in [-0.2, -0.15) is 8.78 Å². The Balaban J connectivity index is 1.85. The van der Waals surface area contributed by atoms with Crippen LogP contribution in [0.15, 0.2) is 41.3 Å². The van der Waals surface area contributed by atoms with E-state index in [2.05, 4.69) is 21.1 Å². The maximum absolute atomic E-state index is 13.5. The van der Waals surface area contributed by atoms with Gasteiger partial charge in [-0.05, 0) is 37.3 Å². The van der Waals surface area contributed by atoms with Crippen LogP contribution in [0.3, 0.4) is 0 Å². The van der Waals surface area contributed by atoms with E-state index in [-0.39, 0.29) is 11.9 Å². The summed E-state index contributed by atoms with van der Waals surface area (Å²) >= 11 is 5.86. The first-order valence-corrected chi connectivity index (χ1v) is 7.24. The third-order valence-corrected chi connectivity index (χ3v) is 3.59. The van der Waals surface area contributed by atoms with Gasteiger partial charge < -0.3 is 10.6 Å². The van der Waals surface area contributed by atoms with E-state index >= 15 is 0 Å². The van der Waals surface area contributed by atoms with Gasteiger partial charge in [0.05, 0.1) is 0 Å². The smallest absolute Gasteiger partial charge is 0.303 e. The number of hydrogen-bond acceptors (Lipinski definition) is 5. The Kier molecular flexibility index (Phi) is 3.70. The number of hydrogen-bond donors (Lipinski definition) is 3.